The van der Waals surface area contributed by atoms with E-state index in [1.165, 1.54) is 5.56 Å². The van der Waals surface area contributed by atoms with Gasteiger partial charge in [-0.05, 0) is 34.7 Å². The molecule has 2 aromatic rings. The number of fused-ring (bicyclic) bond motifs is 1. The van der Waals surface area contributed by atoms with Crippen molar-refractivity contribution in [3.63, 3.8) is 0 Å². The fourth-order valence-electron chi connectivity index (χ4n) is 2.29. The Kier molecular flexibility index (Phi) is 3.41. The van der Waals surface area contributed by atoms with Gasteiger partial charge in [-0.2, -0.15) is 0 Å². The molecular formula is C14H13BrO2S. The summed E-state index contributed by atoms with van der Waals surface area (Å²) in [6.45, 7) is 0.744. The molecule has 0 saturated heterocycles. The Labute approximate surface area is 118 Å². The van der Waals surface area contributed by atoms with Crippen LogP contribution in [0, 0.1) is 0 Å². The van der Waals surface area contributed by atoms with Crippen molar-refractivity contribution in [3.05, 3.63) is 50.1 Å². The maximum Gasteiger partial charge on any atom is 0.125 e. The zero-order valence-electron chi connectivity index (χ0n) is 9.73. The summed E-state index contributed by atoms with van der Waals surface area (Å²) in [5, 5.41) is 12.2. The molecule has 0 aliphatic carbocycles. The van der Waals surface area contributed by atoms with Crippen LogP contribution in [0.3, 0.4) is 0 Å². The predicted octanol–water partition coefficient (Wildman–Crippen LogP) is 3.72. The van der Waals surface area contributed by atoms with Gasteiger partial charge in [0.2, 0.25) is 0 Å². The quantitative estimate of drug-likeness (QED) is 0.932. The smallest absolute Gasteiger partial charge is 0.125 e. The number of rotatable bonds is 3. The van der Waals surface area contributed by atoms with Crippen LogP contribution in [-0.4, -0.2) is 11.7 Å². The number of hydrogen-bond donors (Lipinski definition) is 1. The highest BCUT2D eigenvalue weighted by Crippen LogP contribution is 2.35. The molecule has 0 spiro atoms. The first-order valence-electron chi connectivity index (χ1n) is 5.89. The van der Waals surface area contributed by atoms with Crippen LogP contribution in [-0.2, 0) is 12.8 Å². The van der Waals surface area contributed by atoms with E-state index in [1.807, 2.05) is 23.6 Å². The third-order valence-electron chi connectivity index (χ3n) is 3.11. The number of ether oxygens (including phenoxy) is 1. The summed E-state index contributed by atoms with van der Waals surface area (Å²) < 4.78 is 6.73. The Morgan fingerprint density at radius 1 is 1.44 bits per heavy atom. The van der Waals surface area contributed by atoms with Crippen molar-refractivity contribution >= 4 is 27.3 Å². The van der Waals surface area contributed by atoms with E-state index in [0.29, 0.717) is 6.42 Å². The van der Waals surface area contributed by atoms with Crippen molar-refractivity contribution < 1.29 is 9.84 Å². The Balaban J connectivity index is 1.89. The van der Waals surface area contributed by atoms with Gasteiger partial charge in [-0.1, -0.05) is 22.0 Å². The van der Waals surface area contributed by atoms with Gasteiger partial charge >= 0.3 is 0 Å². The number of hydrogen-bond acceptors (Lipinski definition) is 3. The van der Waals surface area contributed by atoms with Crippen LogP contribution in [0.2, 0.25) is 0 Å². The highest BCUT2D eigenvalue weighted by Gasteiger charge is 2.20. The summed E-state index contributed by atoms with van der Waals surface area (Å²) in [5.41, 5.74) is 2.32. The van der Waals surface area contributed by atoms with Gasteiger partial charge in [0.15, 0.2) is 0 Å². The Morgan fingerprint density at radius 3 is 3.11 bits per heavy atom. The summed E-state index contributed by atoms with van der Waals surface area (Å²) in [4.78, 5) is 1.00. The average molecular weight is 325 g/mol. The lowest BCUT2D eigenvalue weighted by Gasteiger charge is -2.12. The first-order valence-corrected chi connectivity index (χ1v) is 7.57. The summed E-state index contributed by atoms with van der Waals surface area (Å²) in [7, 11) is 0. The summed E-state index contributed by atoms with van der Waals surface area (Å²) in [6.07, 6.45) is 1.10. The van der Waals surface area contributed by atoms with Gasteiger partial charge < -0.3 is 9.84 Å². The molecule has 1 aromatic carbocycles. The monoisotopic (exact) mass is 324 g/mol. The Morgan fingerprint density at radius 2 is 2.33 bits per heavy atom. The van der Waals surface area contributed by atoms with Crippen molar-refractivity contribution in [1.29, 1.82) is 0 Å². The second kappa shape index (κ2) is 5.03. The first-order chi connectivity index (χ1) is 8.74. The standard InChI is InChI=1S/C14H13BrO2S/c15-11-6-9-3-4-17-14(9)10(7-11)8-12(16)13-2-1-5-18-13/h1-2,5-7,12,16H,3-4,8H2. The average Bonchev–Trinajstić information content (AvgIpc) is 2.98. The largest absolute Gasteiger partial charge is 0.493 e. The lowest BCUT2D eigenvalue weighted by atomic mass is 10.0. The number of aliphatic hydroxyl groups is 1. The fourth-order valence-corrected chi connectivity index (χ4v) is 3.55. The molecule has 0 amide bonds. The first kappa shape index (κ1) is 12.2. The highest BCUT2D eigenvalue weighted by atomic mass is 79.9. The van der Waals surface area contributed by atoms with Crippen LogP contribution in [0.4, 0.5) is 0 Å². The lowest BCUT2D eigenvalue weighted by molar-refractivity contribution is 0.181. The van der Waals surface area contributed by atoms with E-state index in [0.717, 1.165) is 33.7 Å². The van der Waals surface area contributed by atoms with E-state index in [2.05, 4.69) is 22.0 Å². The molecule has 1 atom stereocenters. The molecule has 0 saturated carbocycles. The van der Waals surface area contributed by atoms with Crippen molar-refractivity contribution in [1.82, 2.24) is 0 Å². The third-order valence-corrected chi connectivity index (χ3v) is 4.54. The summed E-state index contributed by atoms with van der Waals surface area (Å²) >= 11 is 5.11. The van der Waals surface area contributed by atoms with E-state index in [4.69, 9.17) is 4.74 Å². The topological polar surface area (TPSA) is 29.5 Å². The minimum Gasteiger partial charge on any atom is -0.493 e. The van der Waals surface area contributed by atoms with E-state index in [-0.39, 0.29) is 0 Å². The molecule has 2 nitrogen and oxygen atoms in total. The normalized spacial score (nSPS) is 15.2. The molecule has 1 aromatic heterocycles. The van der Waals surface area contributed by atoms with Crippen LogP contribution in [0.15, 0.2) is 34.1 Å². The van der Waals surface area contributed by atoms with Crippen LogP contribution in [0.1, 0.15) is 22.1 Å². The lowest BCUT2D eigenvalue weighted by Crippen LogP contribution is -2.01. The fraction of sp³-hybridized carbons (Fsp3) is 0.286. The number of aliphatic hydroxyl groups excluding tert-OH is 1. The molecule has 18 heavy (non-hydrogen) atoms. The van der Waals surface area contributed by atoms with Crippen molar-refractivity contribution in [2.45, 2.75) is 18.9 Å². The molecule has 3 rings (SSSR count). The minimum absolute atomic E-state index is 0.451. The molecule has 1 unspecified atom stereocenters. The van der Waals surface area contributed by atoms with E-state index in [9.17, 15) is 5.11 Å². The predicted molar refractivity (Wildman–Crippen MR) is 76.3 cm³/mol. The molecule has 0 bridgehead atoms. The second-order valence-electron chi connectivity index (χ2n) is 4.39. The van der Waals surface area contributed by atoms with Gasteiger partial charge in [-0.15, -0.1) is 11.3 Å². The molecule has 94 valence electrons. The van der Waals surface area contributed by atoms with Crippen LogP contribution in [0.25, 0.3) is 0 Å². The molecule has 1 N–H and O–H groups in total. The zero-order chi connectivity index (χ0) is 12.5. The van der Waals surface area contributed by atoms with Crippen molar-refractivity contribution in [2.75, 3.05) is 6.61 Å². The minimum atomic E-state index is -0.451. The van der Waals surface area contributed by atoms with Crippen molar-refractivity contribution in [3.8, 4) is 5.75 Å². The molecule has 0 radical (unpaired) electrons. The Hall–Kier alpha value is -0.840. The van der Waals surface area contributed by atoms with Gasteiger partial charge in [0.05, 0.1) is 12.7 Å². The molecule has 4 heteroatoms. The van der Waals surface area contributed by atoms with Crippen LogP contribution < -0.4 is 4.74 Å². The summed E-state index contributed by atoms with van der Waals surface area (Å²) in [5.74, 6) is 0.966. The summed E-state index contributed by atoms with van der Waals surface area (Å²) in [6, 6.07) is 8.07. The molecular weight excluding hydrogens is 312 g/mol. The number of benzene rings is 1. The Bertz CT molecular complexity index is 551. The third kappa shape index (κ3) is 2.32. The number of thiophene rings is 1. The van der Waals surface area contributed by atoms with Crippen LogP contribution in [0.5, 0.6) is 5.75 Å². The molecule has 0 fully saturated rings. The van der Waals surface area contributed by atoms with Crippen molar-refractivity contribution in [2.24, 2.45) is 0 Å². The van der Waals surface area contributed by atoms with Gasteiger partial charge in [0.1, 0.15) is 5.75 Å². The second-order valence-corrected chi connectivity index (χ2v) is 6.28. The van der Waals surface area contributed by atoms with Gasteiger partial charge in [0, 0.05) is 22.2 Å². The highest BCUT2D eigenvalue weighted by molar-refractivity contribution is 9.10. The maximum absolute atomic E-state index is 10.2. The van der Waals surface area contributed by atoms with Gasteiger partial charge in [-0.3, -0.25) is 0 Å². The molecule has 1 aliphatic rings. The van der Waals surface area contributed by atoms with E-state index >= 15 is 0 Å². The van der Waals surface area contributed by atoms with E-state index in [1.54, 1.807) is 11.3 Å². The van der Waals surface area contributed by atoms with Gasteiger partial charge in [-0.25, -0.2) is 0 Å². The van der Waals surface area contributed by atoms with Crippen LogP contribution >= 0.6 is 27.3 Å². The zero-order valence-corrected chi connectivity index (χ0v) is 12.1. The SMILES string of the molecule is OC(Cc1cc(Br)cc2c1OCC2)c1cccs1. The molecule has 2 heterocycles. The van der Waals surface area contributed by atoms with Gasteiger partial charge in [0.25, 0.3) is 0 Å². The maximum atomic E-state index is 10.2. The molecule has 1 aliphatic heterocycles. The van der Waals surface area contributed by atoms with E-state index < -0.39 is 6.10 Å². The number of halogens is 1.